The van der Waals surface area contributed by atoms with Crippen LogP contribution in [0.15, 0.2) is 54.6 Å². The third-order valence-corrected chi connectivity index (χ3v) is 3.58. The second-order valence-corrected chi connectivity index (χ2v) is 5.57. The van der Waals surface area contributed by atoms with Gasteiger partial charge in [-0.2, -0.15) is 0 Å². The number of fused-ring (bicyclic) bond motifs is 1. The SMILES string of the molecule is O=C(COC(=O)c1ccc2ccccc2n1)Nc1cc(Cl)ccc1F. The third kappa shape index (κ3) is 4.10. The molecule has 0 spiro atoms. The lowest BCUT2D eigenvalue weighted by atomic mass is 10.2. The van der Waals surface area contributed by atoms with Gasteiger partial charge in [-0.3, -0.25) is 4.79 Å². The van der Waals surface area contributed by atoms with E-state index in [0.717, 1.165) is 11.5 Å². The van der Waals surface area contributed by atoms with Crippen LogP contribution in [0.3, 0.4) is 0 Å². The number of ether oxygens (including phenoxy) is 1. The summed E-state index contributed by atoms with van der Waals surface area (Å²) in [5.41, 5.74) is 0.639. The number of amides is 1. The molecule has 0 aliphatic heterocycles. The molecule has 0 unspecified atom stereocenters. The van der Waals surface area contributed by atoms with Crippen LogP contribution in [0.25, 0.3) is 10.9 Å². The van der Waals surface area contributed by atoms with Crippen molar-refractivity contribution in [3.63, 3.8) is 0 Å². The molecule has 126 valence electrons. The minimum absolute atomic E-state index is 0.0837. The Hall–Kier alpha value is -2.99. The molecule has 0 aliphatic carbocycles. The molecule has 3 aromatic rings. The standard InChI is InChI=1S/C18H12ClFN2O3/c19-12-6-7-13(20)16(9-12)22-17(23)10-25-18(24)15-8-5-11-3-1-2-4-14(11)21-15/h1-9H,10H2,(H,22,23). The Morgan fingerprint density at radius 2 is 1.92 bits per heavy atom. The Kier molecular flexibility index (Phi) is 4.90. The lowest BCUT2D eigenvalue weighted by Gasteiger charge is -2.08. The minimum Gasteiger partial charge on any atom is -0.451 e. The van der Waals surface area contributed by atoms with Crippen LogP contribution in [0.5, 0.6) is 0 Å². The van der Waals surface area contributed by atoms with Gasteiger partial charge in [0, 0.05) is 10.4 Å². The summed E-state index contributed by atoms with van der Waals surface area (Å²) in [5.74, 6) is -2.07. The lowest BCUT2D eigenvalue weighted by Crippen LogP contribution is -2.21. The number of hydrogen-bond donors (Lipinski definition) is 1. The maximum Gasteiger partial charge on any atom is 0.357 e. The molecule has 0 saturated carbocycles. The molecule has 0 saturated heterocycles. The molecular weight excluding hydrogens is 347 g/mol. The van der Waals surface area contributed by atoms with Gasteiger partial charge in [0.1, 0.15) is 11.5 Å². The van der Waals surface area contributed by atoms with Crippen molar-refractivity contribution < 1.29 is 18.7 Å². The molecule has 0 aliphatic rings. The van der Waals surface area contributed by atoms with Crippen LogP contribution in [-0.4, -0.2) is 23.5 Å². The van der Waals surface area contributed by atoms with Crippen molar-refractivity contribution in [2.75, 3.05) is 11.9 Å². The predicted molar refractivity (Wildman–Crippen MR) is 92.1 cm³/mol. The fourth-order valence-electron chi connectivity index (χ4n) is 2.16. The second-order valence-electron chi connectivity index (χ2n) is 5.14. The van der Waals surface area contributed by atoms with E-state index in [1.165, 1.54) is 18.2 Å². The van der Waals surface area contributed by atoms with Crippen LogP contribution in [0.2, 0.25) is 5.02 Å². The van der Waals surface area contributed by atoms with Gasteiger partial charge in [-0.15, -0.1) is 0 Å². The van der Waals surface area contributed by atoms with E-state index in [2.05, 4.69) is 10.3 Å². The van der Waals surface area contributed by atoms with Gasteiger partial charge in [0.15, 0.2) is 6.61 Å². The number of halogens is 2. The Labute approximate surface area is 147 Å². The van der Waals surface area contributed by atoms with Gasteiger partial charge in [-0.05, 0) is 30.3 Å². The van der Waals surface area contributed by atoms with Crippen molar-refractivity contribution in [3.8, 4) is 0 Å². The number of carbonyl (C=O) groups is 2. The van der Waals surface area contributed by atoms with E-state index in [1.807, 2.05) is 12.1 Å². The van der Waals surface area contributed by atoms with E-state index in [1.54, 1.807) is 18.2 Å². The van der Waals surface area contributed by atoms with Crippen molar-refractivity contribution in [1.29, 1.82) is 0 Å². The monoisotopic (exact) mass is 358 g/mol. The largest absolute Gasteiger partial charge is 0.451 e. The summed E-state index contributed by atoms with van der Waals surface area (Å²) in [5, 5.41) is 3.45. The first-order valence-corrected chi connectivity index (χ1v) is 7.68. The number of rotatable bonds is 4. The van der Waals surface area contributed by atoms with Crippen molar-refractivity contribution >= 4 is 40.1 Å². The van der Waals surface area contributed by atoms with Gasteiger partial charge in [0.05, 0.1) is 11.2 Å². The molecule has 2 aromatic carbocycles. The highest BCUT2D eigenvalue weighted by atomic mass is 35.5. The summed E-state index contributed by atoms with van der Waals surface area (Å²) >= 11 is 5.74. The normalized spacial score (nSPS) is 10.5. The Bertz CT molecular complexity index is 962. The molecule has 1 aromatic heterocycles. The van der Waals surface area contributed by atoms with E-state index in [-0.39, 0.29) is 16.4 Å². The van der Waals surface area contributed by atoms with E-state index >= 15 is 0 Å². The van der Waals surface area contributed by atoms with E-state index in [0.29, 0.717) is 5.52 Å². The number of benzene rings is 2. The summed E-state index contributed by atoms with van der Waals surface area (Å²) in [6.07, 6.45) is 0. The van der Waals surface area contributed by atoms with Crippen LogP contribution in [-0.2, 0) is 9.53 Å². The molecule has 0 bridgehead atoms. The average Bonchev–Trinajstić information content (AvgIpc) is 2.62. The minimum atomic E-state index is -0.743. The summed E-state index contributed by atoms with van der Waals surface area (Å²) in [6, 6.07) is 14.3. The Morgan fingerprint density at radius 3 is 2.76 bits per heavy atom. The second kappa shape index (κ2) is 7.27. The first kappa shape index (κ1) is 16.9. The number of hydrogen-bond acceptors (Lipinski definition) is 4. The van der Waals surface area contributed by atoms with Crippen molar-refractivity contribution in [1.82, 2.24) is 4.98 Å². The summed E-state index contributed by atoms with van der Waals surface area (Å²) < 4.78 is 18.5. The molecule has 25 heavy (non-hydrogen) atoms. The number of aromatic nitrogens is 1. The highest BCUT2D eigenvalue weighted by Crippen LogP contribution is 2.19. The van der Waals surface area contributed by atoms with E-state index in [4.69, 9.17) is 16.3 Å². The topological polar surface area (TPSA) is 68.3 Å². The number of esters is 1. The maximum atomic E-state index is 13.6. The van der Waals surface area contributed by atoms with Crippen molar-refractivity contribution in [3.05, 3.63) is 71.1 Å². The number of anilines is 1. The number of nitrogens with one attached hydrogen (secondary N) is 1. The molecule has 0 atom stereocenters. The van der Waals surface area contributed by atoms with Crippen LogP contribution in [0.1, 0.15) is 10.5 Å². The van der Waals surface area contributed by atoms with Crippen LogP contribution < -0.4 is 5.32 Å². The zero-order valence-corrected chi connectivity index (χ0v) is 13.6. The molecular formula is C18H12ClFN2O3. The highest BCUT2D eigenvalue weighted by Gasteiger charge is 2.13. The number of nitrogens with zero attached hydrogens (tertiary/aromatic N) is 1. The van der Waals surface area contributed by atoms with Gasteiger partial charge < -0.3 is 10.1 Å². The highest BCUT2D eigenvalue weighted by molar-refractivity contribution is 6.30. The fraction of sp³-hybridized carbons (Fsp3) is 0.0556. The van der Waals surface area contributed by atoms with Gasteiger partial charge in [0.2, 0.25) is 0 Å². The molecule has 0 fully saturated rings. The molecule has 0 radical (unpaired) electrons. The smallest absolute Gasteiger partial charge is 0.357 e. The quantitative estimate of drug-likeness (QED) is 0.720. The number of pyridine rings is 1. The molecule has 1 heterocycles. The van der Waals surface area contributed by atoms with Gasteiger partial charge in [0.25, 0.3) is 5.91 Å². The van der Waals surface area contributed by atoms with Gasteiger partial charge in [-0.25, -0.2) is 14.2 Å². The van der Waals surface area contributed by atoms with Crippen molar-refractivity contribution in [2.24, 2.45) is 0 Å². The zero-order valence-electron chi connectivity index (χ0n) is 12.8. The van der Waals surface area contributed by atoms with Gasteiger partial charge >= 0.3 is 5.97 Å². The molecule has 1 N–H and O–H groups in total. The van der Waals surface area contributed by atoms with E-state index < -0.39 is 24.3 Å². The third-order valence-electron chi connectivity index (χ3n) is 3.34. The Morgan fingerprint density at radius 1 is 1.12 bits per heavy atom. The number of carbonyl (C=O) groups excluding carboxylic acids is 2. The summed E-state index contributed by atoms with van der Waals surface area (Å²) in [4.78, 5) is 28.0. The first-order chi connectivity index (χ1) is 12.0. The van der Waals surface area contributed by atoms with Crippen LogP contribution in [0, 0.1) is 5.82 Å². The van der Waals surface area contributed by atoms with Crippen LogP contribution >= 0.6 is 11.6 Å². The first-order valence-electron chi connectivity index (χ1n) is 7.31. The van der Waals surface area contributed by atoms with Crippen molar-refractivity contribution in [2.45, 2.75) is 0 Å². The molecule has 7 heteroatoms. The van der Waals surface area contributed by atoms with Crippen LogP contribution in [0.4, 0.5) is 10.1 Å². The maximum absolute atomic E-state index is 13.6. The predicted octanol–water partition coefficient (Wildman–Crippen LogP) is 3.82. The molecule has 1 amide bonds. The molecule has 5 nitrogen and oxygen atoms in total. The summed E-state index contributed by atoms with van der Waals surface area (Å²) in [7, 11) is 0. The summed E-state index contributed by atoms with van der Waals surface area (Å²) in [6.45, 7) is -0.570. The lowest BCUT2D eigenvalue weighted by molar-refractivity contribution is -0.119. The molecule has 3 rings (SSSR count). The zero-order chi connectivity index (χ0) is 17.8. The van der Waals surface area contributed by atoms with Gasteiger partial charge in [-0.1, -0.05) is 35.9 Å². The number of para-hydroxylation sites is 1. The average molecular weight is 359 g/mol. The van der Waals surface area contributed by atoms with E-state index in [9.17, 15) is 14.0 Å². The fourth-order valence-corrected chi connectivity index (χ4v) is 2.34. The Balaban J connectivity index is 1.62.